The Kier molecular flexibility index (Phi) is 8.23. The predicted molar refractivity (Wildman–Crippen MR) is 144 cm³/mol. The van der Waals surface area contributed by atoms with Gasteiger partial charge < -0.3 is 24.4 Å². The normalized spacial score (nSPS) is 16.7. The second kappa shape index (κ2) is 11.6. The standard InChI is InChI=1S/C28H31N3O5S/c1-17(2)36-27(33)25-18(3)30-28-31(26(25)22-14-21(34-4)11-12-23(22)35-5)20(16-37-28)13-24(32)29-15-19-9-7-6-8-10-19/h6-12,14,16-17,26H,13,15H2,1-5H3,(H,29,32)/t26-/m1/s1. The number of hydrogen-bond donors (Lipinski definition) is 1. The Bertz CT molecular complexity index is 1270. The Labute approximate surface area is 221 Å². The Morgan fingerprint density at radius 3 is 2.54 bits per heavy atom. The van der Waals surface area contributed by atoms with Crippen molar-refractivity contribution >= 4 is 28.8 Å². The molecule has 0 spiro atoms. The molecule has 0 bridgehead atoms. The molecule has 4 rings (SSSR count). The van der Waals surface area contributed by atoms with Crippen molar-refractivity contribution in [3.8, 4) is 11.5 Å². The maximum atomic E-state index is 13.4. The van der Waals surface area contributed by atoms with Gasteiger partial charge in [-0.3, -0.25) is 4.79 Å². The predicted octanol–water partition coefficient (Wildman–Crippen LogP) is 4.94. The van der Waals surface area contributed by atoms with E-state index in [1.807, 2.05) is 46.7 Å². The Morgan fingerprint density at radius 2 is 1.86 bits per heavy atom. The van der Waals surface area contributed by atoms with Crippen LogP contribution in [0.15, 0.2) is 75.9 Å². The molecular formula is C28H31N3O5S. The molecule has 2 aromatic carbocycles. The van der Waals surface area contributed by atoms with Crippen LogP contribution in [0.25, 0.3) is 0 Å². The first kappa shape index (κ1) is 26.3. The minimum Gasteiger partial charge on any atom is -0.497 e. The van der Waals surface area contributed by atoms with Gasteiger partial charge in [-0.1, -0.05) is 42.1 Å². The quantitative estimate of drug-likeness (QED) is 0.468. The Hall–Kier alpha value is -3.72. The lowest BCUT2D eigenvalue weighted by atomic mass is 9.92. The number of methoxy groups -OCH3 is 2. The lowest BCUT2D eigenvalue weighted by Gasteiger charge is -2.37. The first-order valence-corrected chi connectivity index (χ1v) is 12.9. The van der Waals surface area contributed by atoms with Gasteiger partial charge in [0.25, 0.3) is 0 Å². The lowest BCUT2D eigenvalue weighted by molar-refractivity contribution is -0.143. The van der Waals surface area contributed by atoms with Crippen molar-refractivity contribution in [1.29, 1.82) is 0 Å². The zero-order valence-corrected chi connectivity index (χ0v) is 22.4. The van der Waals surface area contributed by atoms with Gasteiger partial charge in [0.05, 0.1) is 44.1 Å². The third-order valence-corrected chi connectivity index (χ3v) is 6.86. The first-order chi connectivity index (χ1) is 17.8. The van der Waals surface area contributed by atoms with Crippen LogP contribution in [0.2, 0.25) is 0 Å². The number of allylic oxidation sites excluding steroid dienone is 1. The van der Waals surface area contributed by atoms with E-state index in [2.05, 4.69) is 5.32 Å². The number of thioether (sulfide) groups is 1. The second-order valence-corrected chi connectivity index (χ2v) is 9.73. The molecule has 0 aromatic heterocycles. The highest BCUT2D eigenvalue weighted by Gasteiger charge is 2.42. The van der Waals surface area contributed by atoms with E-state index in [1.165, 1.54) is 11.8 Å². The summed E-state index contributed by atoms with van der Waals surface area (Å²) in [7, 11) is 3.17. The molecule has 1 atom stereocenters. The molecule has 2 aromatic rings. The summed E-state index contributed by atoms with van der Waals surface area (Å²) in [4.78, 5) is 33.0. The zero-order chi connectivity index (χ0) is 26.5. The van der Waals surface area contributed by atoms with Gasteiger partial charge in [-0.15, -0.1) is 0 Å². The molecule has 194 valence electrons. The highest BCUT2D eigenvalue weighted by molar-refractivity contribution is 8.16. The zero-order valence-electron chi connectivity index (χ0n) is 21.6. The molecule has 0 radical (unpaired) electrons. The maximum Gasteiger partial charge on any atom is 0.338 e. The number of fused-ring (bicyclic) bond motifs is 1. The van der Waals surface area contributed by atoms with Crippen molar-refractivity contribution < 1.29 is 23.8 Å². The molecule has 0 aliphatic carbocycles. The summed E-state index contributed by atoms with van der Waals surface area (Å²) in [6, 6.07) is 14.6. The summed E-state index contributed by atoms with van der Waals surface area (Å²) in [6.07, 6.45) is -0.189. The number of esters is 1. The minimum absolute atomic E-state index is 0.118. The molecule has 0 fully saturated rings. The fourth-order valence-corrected chi connectivity index (χ4v) is 5.24. The Balaban J connectivity index is 1.70. The monoisotopic (exact) mass is 521 g/mol. The molecule has 0 saturated carbocycles. The van der Waals surface area contributed by atoms with Crippen molar-refractivity contribution in [3.05, 3.63) is 82.0 Å². The summed E-state index contributed by atoms with van der Waals surface area (Å²) in [5, 5.41) is 5.57. The maximum absolute atomic E-state index is 13.4. The molecule has 2 heterocycles. The van der Waals surface area contributed by atoms with E-state index in [9.17, 15) is 9.59 Å². The summed E-state index contributed by atoms with van der Waals surface area (Å²) >= 11 is 1.42. The molecule has 9 heteroatoms. The van der Waals surface area contributed by atoms with Crippen LogP contribution in [-0.4, -0.2) is 42.3 Å². The topological polar surface area (TPSA) is 89.5 Å². The first-order valence-electron chi connectivity index (χ1n) is 12.0. The number of nitrogens with one attached hydrogen (secondary N) is 1. The second-order valence-electron chi connectivity index (χ2n) is 8.89. The van der Waals surface area contributed by atoms with Gasteiger partial charge in [0, 0.05) is 17.8 Å². The molecule has 8 nitrogen and oxygen atoms in total. The summed E-state index contributed by atoms with van der Waals surface area (Å²) < 4.78 is 16.8. The summed E-state index contributed by atoms with van der Waals surface area (Å²) in [5.41, 5.74) is 3.40. The van der Waals surface area contributed by atoms with Crippen molar-refractivity contribution in [2.24, 2.45) is 4.99 Å². The summed E-state index contributed by atoms with van der Waals surface area (Å²) in [6.45, 7) is 5.84. The van der Waals surface area contributed by atoms with Gasteiger partial charge in [-0.2, -0.15) is 0 Å². The average molecular weight is 522 g/mol. The number of ether oxygens (including phenoxy) is 3. The van der Waals surface area contributed by atoms with Crippen LogP contribution in [0.5, 0.6) is 11.5 Å². The van der Waals surface area contributed by atoms with Crippen LogP contribution >= 0.6 is 11.8 Å². The molecule has 1 N–H and O–H groups in total. The number of carbonyl (C=O) groups excluding carboxylic acids is 2. The van der Waals surface area contributed by atoms with Crippen LogP contribution in [0, 0.1) is 0 Å². The van der Waals surface area contributed by atoms with Gasteiger partial charge in [0.1, 0.15) is 11.5 Å². The number of hydrogen-bond acceptors (Lipinski definition) is 8. The Morgan fingerprint density at radius 1 is 1.11 bits per heavy atom. The molecular weight excluding hydrogens is 490 g/mol. The van der Waals surface area contributed by atoms with E-state index < -0.39 is 12.0 Å². The van der Waals surface area contributed by atoms with Crippen molar-refractivity contribution in [3.63, 3.8) is 0 Å². The SMILES string of the molecule is COc1ccc(OC)c([C@@H]2C(C(=O)OC(C)C)=C(C)N=C3SC=C(CC(=O)NCc4ccccc4)N32)c1. The van der Waals surface area contributed by atoms with E-state index in [0.29, 0.717) is 40.0 Å². The number of aliphatic imine (C=N–C) groups is 1. The number of benzene rings is 2. The fraction of sp³-hybridized carbons (Fsp3) is 0.321. The summed E-state index contributed by atoms with van der Waals surface area (Å²) in [5.74, 6) is 0.604. The van der Waals surface area contributed by atoms with E-state index >= 15 is 0 Å². The molecule has 37 heavy (non-hydrogen) atoms. The number of carbonyl (C=O) groups is 2. The lowest BCUT2D eigenvalue weighted by Crippen LogP contribution is -2.38. The number of nitrogens with zero attached hydrogens (tertiary/aromatic N) is 2. The van der Waals surface area contributed by atoms with Crippen molar-refractivity contribution in [2.75, 3.05) is 14.2 Å². The van der Waals surface area contributed by atoms with Gasteiger partial charge in [0.2, 0.25) is 5.91 Å². The highest BCUT2D eigenvalue weighted by Crippen LogP contribution is 2.47. The molecule has 0 saturated heterocycles. The van der Waals surface area contributed by atoms with Crippen LogP contribution in [-0.2, 0) is 20.9 Å². The van der Waals surface area contributed by atoms with Gasteiger partial charge in [0.15, 0.2) is 5.17 Å². The number of amidine groups is 1. The molecule has 1 amide bonds. The van der Waals surface area contributed by atoms with Crippen LogP contribution < -0.4 is 14.8 Å². The smallest absolute Gasteiger partial charge is 0.338 e. The van der Waals surface area contributed by atoms with E-state index in [0.717, 1.165) is 11.3 Å². The van der Waals surface area contributed by atoms with Gasteiger partial charge in [-0.05, 0) is 49.9 Å². The third-order valence-electron chi connectivity index (χ3n) is 5.97. The van der Waals surface area contributed by atoms with Gasteiger partial charge >= 0.3 is 5.97 Å². The van der Waals surface area contributed by atoms with Crippen molar-refractivity contribution in [2.45, 2.75) is 45.9 Å². The molecule has 2 aliphatic rings. The molecule has 2 aliphatic heterocycles. The average Bonchev–Trinajstić information content (AvgIpc) is 3.28. The molecule has 0 unspecified atom stereocenters. The number of rotatable bonds is 9. The minimum atomic E-state index is -0.619. The van der Waals surface area contributed by atoms with E-state index in [-0.39, 0.29) is 18.4 Å². The van der Waals surface area contributed by atoms with Crippen LogP contribution in [0.1, 0.15) is 44.4 Å². The largest absolute Gasteiger partial charge is 0.497 e. The fourth-order valence-electron chi connectivity index (χ4n) is 4.28. The van der Waals surface area contributed by atoms with Crippen molar-refractivity contribution in [1.82, 2.24) is 10.2 Å². The van der Waals surface area contributed by atoms with E-state index in [4.69, 9.17) is 19.2 Å². The third kappa shape index (κ3) is 5.83. The highest BCUT2D eigenvalue weighted by atomic mass is 32.2. The van der Waals surface area contributed by atoms with E-state index in [1.54, 1.807) is 47.1 Å². The van der Waals surface area contributed by atoms with Crippen LogP contribution in [0.4, 0.5) is 0 Å². The van der Waals surface area contributed by atoms with Crippen LogP contribution in [0.3, 0.4) is 0 Å². The number of amides is 1. The van der Waals surface area contributed by atoms with Gasteiger partial charge in [-0.25, -0.2) is 9.79 Å².